The van der Waals surface area contributed by atoms with Crippen LogP contribution in [0.1, 0.15) is 0 Å². The number of rotatable bonds is 5. The third kappa shape index (κ3) is 4.47. The highest BCUT2D eigenvalue weighted by atomic mass is 79.9. The minimum Gasteiger partial charge on any atom is -0.390 e. The Labute approximate surface area is 103 Å². The molecule has 0 saturated carbocycles. The number of aliphatic hydroxyl groups excluding tert-OH is 1. The van der Waals surface area contributed by atoms with E-state index in [0.29, 0.717) is 18.8 Å². The van der Waals surface area contributed by atoms with Gasteiger partial charge in [-0.1, -0.05) is 15.9 Å². The van der Waals surface area contributed by atoms with E-state index in [9.17, 15) is 9.50 Å². The van der Waals surface area contributed by atoms with Crippen molar-refractivity contribution in [2.45, 2.75) is 6.10 Å². The van der Waals surface area contributed by atoms with Crippen molar-refractivity contribution in [3.63, 3.8) is 0 Å². The molecule has 1 unspecified atom stereocenters. The van der Waals surface area contributed by atoms with Gasteiger partial charge in [-0.25, -0.2) is 4.39 Å². The van der Waals surface area contributed by atoms with Gasteiger partial charge in [-0.15, -0.1) is 0 Å². The lowest BCUT2D eigenvalue weighted by molar-refractivity contribution is 0.148. The van der Waals surface area contributed by atoms with Crippen LogP contribution >= 0.6 is 15.9 Å². The molecular weight excluding hydrogens is 275 g/mol. The van der Waals surface area contributed by atoms with Gasteiger partial charge < -0.3 is 15.3 Å². The fourth-order valence-electron chi connectivity index (χ4n) is 1.35. The maximum absolute atomic E-state index is 13.3. The average Bonchev–Trinajstić information content (AvgIpc) is 2.18. The SMILES string of the molecule is CN(C)CC(O)CNc1cc(Br)ccc1F. The Kier molecular flexibility index (Phi) is 5.18. The highest BCUT2D eigenvalue weighted by molar-refractivity contribution is 9.10. The van der Waals surface area contributed by atoms with Crippen molar-refractivity contribution in [3.8, 4) is 0 Å². The normalized spacial score (nSPS) is 12.9. The molecule has 0 aliphatic rings. The fraction of sp³-hybridized carbons (Fsp3) is 0.455. The first-order chi connectivity index (χ1) is 7.49. The zero-order valence-corrected chi connectivity index (χ0v) is 11.0. The molecule has 0 spiro atoms. The summed E-state index contributed by atoms with van der Waals surface area (Å²) in [6, 6.07) is 4.67. The van der Waals surface area contributed by atoms with Gasteiger partial charge in [-0.2, -0.15) is 0 Å². The number of halogens is 2. The molecule has 1 atom stereocenters. The molecule has 0 aliphatic carbocycles. The molecule has 0 aromatic heterocycles. The van der Waals surface area contributed by atoms with Crippen LogP contribution in [-0.4, -0.2) is 43.3 Å². The highest BCUT2D eigenvalue weighted by Gasteiger charge is 2.07. The summed E-state index contributed by atoms with van der Waals surface area (Å²) in [7, 11) is 3.76. The molecular formula is C11H16BrFN2O. The van der Waals surface area contributed by atoms with Crippen LogP contribution in [0, 0.1) is 5.82 Å². The van der Waals surface area contributed by atoms with Gasteiger partial charge in [0.1, 0.15) is 5.82 Å². The minimum atomic E-state index is -0.520. The number of nitrogens with one attached hydrogen (secondary N) is 1. The van der Waals surface area contributed by atoms with Crippen LogP contribution in [0.3, 0.4) is 0 Å². The van der Waals surface area contributed by atoms with Gasteiger partial charge in [0, 0.05) is 17.6 Å². The zero-order valence-electron chi connectivity index (χ0n) is 9.37. The Bertz CT molecular complexity index is 347. The minimum absolute atomic E-state index is 0.319. The summed E-state index contributed by atoms with van der Waals surface area (Å²) in [5.74, 6) is -0.319. The number of hydrogen-bond donors (Lipinski definition) is 2. The standard InChI is InChI=1S/C11H16BrFN2O/c1-15(2)7-9(16)6-14-11-5-8(12)3-4-10(11)13/h3-5,9,14,16H,6-7H2,1-2H3. The second-order valence-electron chi connectivity index (χ2n) is 3.92. The predicted octanol–water partition coefficient (Wildman–Crippen LogP) is 1.92. The molecule has 16 heavy (non-hydrogen) atoms. The van der Waals surface area contributed by atoms with E-state index in [1.54, 1.807) is 12.1 Å². The average molecular weight is 291 g/mol. The van der Waals surface area contributed by atoms with Crippen molar-refractivity contribution in [3.05, 3.63) is 28.5 Å². The van der Waals surface area contributed by atoms with Gasteiger partial charge in [0.2, 0.25) is 0 Å². The third-order valence-electron chi connectivity index (χ3n) is 2.03. The lowest BCUT2D eigenvalue weighted by atomic mass is 10.2. The van der Waals surface area contributed by atoms with E-state index in [4.69, 9.17) is 0 Å². The Morgan fingerprint density at radius 2 is 2.19 bits per heavy atom. The molecule has 2 N–H and O–H groups in total. The van der Waals surface area contributed by atoms with Gasteiger partial charge in [-0.05, 0) is 32.3 Å². The number of aliphatic hydroxyl groups is 1. The maximum atomic E-state index is 13.3. The zero-order chi connectivity index (χ0) is 12.1. The summed E-state index contributed by atoms with van der Waals surface area (Å²) in [4.78, 5) is 1.88. The summed E-state index contributed by atoms with van der Waals surface area (Å²) in [6.07, 6.45) is -0.520. The van der Waals surface area contributed by atoms with Crippen molar-refractivity contribution >= 4 is 21.6 Å². The first-order valence-electron chi connectivity index (χ1n) is 5.00. The Balaban J connectivity index is 2.51. The summed E-state index contributed by atoms with van der Waals surface area (Å²) in [5.41, 5.74) is 0.396. The monoisotopic (exact) mass is 290 g/mol. The van der Waals surface area contributed by atoms with Crippen LogP contribution in [0.5, 0.6) is 0 Å². The molecule has 0 fully saturated rings. The molecule has 5 heteroatoms. The number of likely N-dealkylation sites (N-methyl/N-ethyl adjacent to an activating group) is 1. The van der Waals surface area contributed by atoms with E-state index < -0.39 is 6.10 Å². The molecule has 3 nitrogen and oxygen atoms in total. The first-order valence-corrected chi connectivity index (χ1v) is 5.80. The van der Waals surface area contributed by atoms with Crippen LogP contribution in [-0.2, 0) is 0 Å². The van der Waals surface area contributed by atoms with Crippen molar-refractivity contribution in [2.24, 2.45) is 0 Å². The third-order valence-corrected chi connectivity index (χ3v) is 2.53. The number of nitrogens with zero attached hydrogens (tertiary/aromatic N) is 1. The quantitative estimate of drug-likeness (QED) is 0.870. The molecule has 0 radical (unpaired) electrons. The molecule has 0 bridgehead atoms. The summed E-state index contributed by atoms with van der Waals surface area (Å²) >= 11 is 3.27. The van der Waals surface area contributed by atoms with E-state index in [1.165, 1.54) is 6.07 Å². The number of anilines is 1. The van der Waals surface area contributed by atoms with Crippen molar-refractivity contribution in [1.29, 1.82) is 0 Å². The molecule has 90 valence electrons. The second kappa shape index (κ2) is 6.18. The van der Waals surface area contributed by atoms with E-state index in [1.807, 2.05) is 19.0 Å². The van der Waals surface area contributed by atoms with Crippen molar-refractivity contribution < 1.29 is 9.50 Å². The molecule has 1 aromatic carbocycles. The van der Waals surface area contributed by atoms with Crippen LogP contribution in [0.2, 0.25) is 0 Å². The smallest absolute Gasteiger partial charge is 0.146 e. The maximum Gasteiger partial charge on any atom is 0.146 e. The van der Waals surface area contributed by atoms with Gasteiger partial charge in [0.25, 0.3) is 0 Å². The number of hydrogen-bond acceptors (Lipinski definition) is 3. The summed E-state index contributed by atoms with van der Waals surface area (Å²) in [5, 5.41) is 12.5. The largest absolute Gasteiger partial charge is 0.390 e. The van der Waals surface area contributed by atoms with Gasteiger partial charge in [0.15, 0.2) is 0 Å². The Morgan fingerprint density at radius 1 is 1.50 bits per heavy atom. The molecule has 0 saturated heterocycles. The predicted molar refractivity (Wildman–Crippen MR) is 67.2 cm³/mol. The molecule has 0 aliphatic heterocycles. The molecule has 1 rings (SSSR count). The second-order valence-corrected chi connectivity index (χ2v) is 4.84. The van der Waals surface area contributed by atoms with Gasteiger partial charge in [-0.3, -0.25) is 0 Å². The van der Waals surface area contributed by atoms with Crippen LogP contribution in [0.4, 0.5) is 10.1 Å². The van der Waals surface area contributed by atoms with E-state index >= 15 is 0 Å². The van der Waals surface area contributed by atoms with Crippen LogP contribution in [0.15, 0.2) is 22.7 Å². The lowest BCUT2D eigenvalue weighted by Gasteiger charge is -2.17. The summed E-state index contributed by atoms with van der Waals surface area (Å²) < 4.78 is 14.1. The molecule has 1 aromatic rings. The Hall–Kier alpha value is -0.650. The van der Waals surface area contributed by atoms with E-state index in [0.717, 1.165) is 4.47 Å². The van der Waals surface area contributed by atoms with Crippen LogP contribution in [0.25, 0.3) is 0 Å². The first kappa shape index (κ1) is 13.4. The van der Waals surface area contributed by atoms with Crippen LogP contribution < -0.4 is 5.32 Å². The van der Waals surface area contributed by atoms with Gasteiger partial charge in [0.05, 0.1) is 11.8 Å². The summed E-state index contributed by atoms with van der Waals surface area (Å²) in [6.45, 7) is 0.869. The van der Waals surface area contributed by atoms with Crippen molar-refractivity contribution in [2.75, 3.05) is 32.5 Å². The lowest BCUT2D eigenvalue weighted by Crippen LogP contribution is -2.31. The van der Waals surface area contributed by atoms with E-state index in [-0.39, 0.29) is 5.82 Å². The topological polar surface area (TPSA) is 35.5 Å². The molecule has 0 heterocycles. The van der Waals surface area contributed by atoms with Gasteiger partial charge >= 0.3 is 0 Å². The van der Waals surface area contributed by atoms with Crippen molar-refractivity contribution in [1.82, 2.24) is 4.90 Å². The van der Waals surface area contributed by atoms with E-state index in [2.05, 4.69) is 21.2 Å². The highest BCUT2D eigenvalue weighted by Crippen LogP contribution is 2.19. The number of benzene rings is 1. The fourth-order valence-corrected chi connectivity index (χ4v) is 1.71. The Morgan fingerprint density at radius 3 is 2.81 bits per heavy atom. The molecule has 0 amide bonds.